The summed E-state index contributed by atoms with van der Waals surface area (Å²) in [6.07, 6.45) is 9.16. The zero-order chi connectivity index (χ0) is 27.4. The zero-order valence-corrected chi connectivity index (χ0v) is 23.1. The van der Waals surface area contributed by atoms with E-state index in [0.29, 0.717) is 27.3 Å². The molecule has 0 amide bonds. The average molecular weight is 571 g/mol. The molecule has 0 aliphatic carbocycles. The lowest BCUT2D eigenvalue weighted by Crippen LogP contribution is -2.26. The van der Waals surface area contributed by atoms with Gasteiger partial charge in [0, 0.05) is 74.1 Å². The second-order valence-corrected chi connectivity index (χ2v) is 11.8. The van der Waals surface area contributed by atoms with Gasteiger partial charge < -0.3 is 4.90 Å². The van der Waals surface area contributed by atoms with E-state index >= 15 is 0 Å². The van der Waals surface area contributed by atoms with Crippen LogP contribution in [0.2, 0.25) is 5.02 Å². The van der Waals surface area contributed by atoms with Crippen LogP contribution in [0.15, 0.2) is 72.3 Å². The number of aromatic nitrogens is 5. The van der Waals surface area contributed by atoms with Gasteiger partial charge in [-0.25, -0.2) is 18.2 Å². The fourth-order valence-corrected chi connectivity index (χ4v) is 7.16. The maximum Gasteiger partial charge on any atom is 0.139 e. The normalized spacial score (nSPS) is 18.9. The predicted octanol–water partition coefficient (Wildman–Crippen LogP) is 5.54. The van der Waals surface area contributed by atoms with Gasteiger partial charge in [0.15, 0.2) is 0 Å². The van der Waals surface area contributed by atoms with Crippen molar-refractivity contribution >= 4 is 34.9 Å². The van der Waals surface area contributed by atoms with Crippen LogP contribution in [0.25, 0.3) is 27.8 Å². The molecular formula is C29H24ClFN8S. The van der Waals surface area contributed by atoms with Gasteiger partial charge in [0.05, 0.1) is 33.4 Å². The van der Waals surface area contributed by atoms with E-state index < -0.39 is 0 Å². The van der Waals surface area contributed by atoms with Crippen molar-refractivity contribution < 1.29 is 4.39 Å². The summed E-state index contributed by atoms with van der Waals surface area (Å²) in [7, 11) is 1.88. The average Bonchev–Trinajstić information content (AvgIpc) is 3.73. The molecule has 6 heterocycles. The van der Waals surface area contributed by atoms with Gasteiger partial charge >= 0.3 is 0 Å². The molecule has 200 valence electrons. The van der Waals surface area contributed by atoms with Gasteiger partial charge in [-0.15, -0.1) is 0 Å². The van der Waals surface area contributed by atoms with Gasteiger partial charge in [0.25, 0.3) is 0 Å². The quantitative estimate of drug-likeness (QED) is 0.257. The molecular weight excluding hydrogens is 547 g/mol. The van der Waals surface area contributed by atoms with E-state index in [1.54, 1.807) is 27.5 Å². The number of aryl methyl sites for hydroxylation is 1. The highest BCUT2D eigenvalue weighted by Gasteiger charge is 2.41. The number of benzene rings is 1. The molecule has 0 saturated carbocycles. The van der Waals surface area contributed by atoms with Crippen LogP contribution in [0.3, 0.4) is 0 Å². The van der Waals surface area contributed by atoms with Crippen molar-refractivity contribution in [1.82, 2.24) is 28.7 Å². The second-order valence-electron chi connectivity index (χ2n) is 10.3. The molecule has 0 bridgehead atoms. The maximum atomic E-state index is 14.3. The molecule has 2 aliphatic rings. The highest BCUT2D eigenvalue weighted by atomic mass is 35.5. The first-order valence-corrected chi connectivity index (χ1v) is 14.1. The SMILES string of the molecule is Cn1cc(-c2cc(-c3ccc(N4C[C@H]5CN(Sc6c(F)cccc6Cl)C[C@H]5C4)nc3)c3c(C#N)cnn3c2)cn1. The number of anilines is 1. The number of pyridine rings is 2. The Hall–Kier alpha value is -3.91. The molecule has 8 nitrogen and oxygen atoms in total. The Morgan fingerprint density at radius 2 is 1.80 bits per heavy atom. The molecule has 40 heavy (non-hydrogen) atoms. The first kappa shape index (κ1) is 25.1. The predicted molar refractivity (Wildman–Crippen MR) is 153 cm³/mol. The van der Waals surface area contributed by atoms with Gasteiger partial charge in [-0.1, -0.05) is 17.7 Å². The van der Waals surface area contributed by atoms with Gasteiger partial charge in [-0.2, -0.15) is 15.5 Å². The fourth-order valence-electron chi connectivity index (χ4n) is 5.79. The van der Waals surface area contributed by atoms with Gasteiger partial charge in [-0.05, 0) is 54.1 Å². The Balaban J connectivity index is 1.11. The number of fused-ring (bicyclic) bond motifs is 2. The summed E-state index contributed by atoms with van der Waals surface area (Å²) >= 11 is 7.66. The van der Waals surface area contributed by atoms with Crippen molar-refractivity contribution in [2.75, 3.05) is 31.1 Å². The number of hydrogen-bond acceptors (Lipinski definition) is 7. The maximum absolute atomic E-state index is 14.3. The van der Waals surface area contributed by atoms with Crippen LogP contribution < -0.4 is 4.90 Å². The highest BCUT2D eigenvalue weighted by Crippen LogP contribution is 2.41. The molecule has 2 atom stereocenters. The van der Waals surface area contributed by atoms with Crippen molar-refractivity contribution in [3.05, 3.63) is 83.8 Å². The third kappa shape index (κ3) is 4.40. The van der Waals surface area contributed by atoms with Crippen LogP contribution in [0.5, 0.6) is 0 Å². The van der Waals surface area contributed by atoms with Crippen LogP contribution in [0.4, 0.5) is 10.2 Å². The molecule has 11 heteroatoms. The molecule has 0 spiro atoms. The summed E-state index contributed by atoms with van der Waals surface area (Å²) in [5.74, 6) is 1.63. The summed E-state index contributed by atoms with van der Waals surface area (Å²) in [6.45, 7) is 3.57. The molecule has 7 rings (SSSR count). The third-order valence-corrected chi connectivity index (χ3v) is 9.33. The number of hydrogen-bond donors (Lipinski definition) is 0. The summed E-state index contributed by atoms with van der Waals surface area (Å²) in [5.41, 5.74) is 5.01. The molecule has 2 aliphatic heterocycles. The fraction of sp³-hybridized carbons (Fsp3) is 0.241. The van der Waals surface area contributed by atoms with Crippen molar-refractivity contribution in [1.29, 1.82) is 5.26 Å². The van der Waals surface area contributed by atoms with Crippen LogP contribution in [-0.2, 0) is 7.05 Å². The van der Waals surface area contributed by atoms with E-state index in [2.05, 4.69) is 43.7 Å². The summed E-state index contributed by atoms with van der Waals surface area (Å²) in [4.78, 5) is 7.67. The van der Waals surface area contributed by atoms with E-state index in [1.165, 1.54) is 18.0 Å². The Bertz CT molecular complexity index is 1740. The van der Waals surface area contributed by atoms with Crippen molar-refractivity contribution in [2.45, 2.75) is 4.90 Å². The third-order valence-electron chi connectivity index (χ3n) is 7.75. The summed E-state index contributed by atoms with van der Waals surface area (Å²) < 4.78 is 20.0. The number of halogens is 2. The number of rotatable bonds is 5. The molecule has 2 fully saturated rings. The van der Waals surface area contributed by atoms with E-state index in [0.717, 1.165) is 59.8 Å². The standard InChI is InChI=1S/C29H24ClFN8S/c1-36-12-21(11-34-36)19-7-24(28-20(8-32)10-35-39(28)17-19)18-5-6-27(33-9-18)37-13-22-15-38(16-23(22)14-37)40-29-25(30)3-2-4-26(29)31/h2-7,9-12,17,22-23H,13-16H2,1H3/t22-,23+. The van der Waals surface area contributed by atoms with Crippen molar-refractivity contribution in [3.8, 4) is 28.3 Å². The first-order chi connectivity index (χ1) is 19.5. The Morgan fingerprint density at radius 1 is 0.975 bits per heavy atom. The molecule has 0 unspecified atom stereocenters. The minimum Gasteiger partial charge on any atom is -0.356 e. The van der Waals surface area contributed by atoms with Crippen molar-refractivity contribution in [2.24, 2.45) is 18.9 Å². The lowest BCUT2D eigenvalue weighted by atomic mass is 10.0. The molecule has 4 aromatic heterocycles. The van der Waals surface area contributed by atoms with E-state index in [9.17, 15) is 9.65 Å². The Labute approximate surface area is 239 Å². The summed E-state index contributed by atoms with van der Waals surface area (Å²) in [6, 6.07) is 13.3. The van der Waals surface area contributed by atoms with Gasteiger partial charge in [-0.3, -0.25) is 4.68 Å². The first-order valence-electron chi connectivity index (χ1n) is 13.0. The second kappa shape index (κ2) is 9.93. The van der Waals surface area contributed by atoms with Crippen LogP contribution >= 0.6 is 23.5 Å². The van der Waals surface area contributed by atoms with E-state index in [4.69, 9.17) is 16.6 Å². The van der Waals surface area contributed by atoms with E-state index in [1.807, 2.05) is 31.8 Å². The molecule has 0 N–H and O–H groups in total. The monoisotopic (exact) mass is 570 g/mol. The smallest absolute Gasteiger partial charge is 0.139 e. The van der Waals surface area contributed by atoms with Crippen LogP contribution in [-0.4, -0.2) is 54.9 Å². The lowest BCUT2D eigenvalue weighted by molar-refractivity contribution is 0.527. The summed E-state index contributed by atoms with van der Waals surface area (Å²) in [5, 5.41) is 18.9. The molecule has 0 radical (unpaired) electrons. The largest absolute Gasteiger partial charge is 0.356 e. The van der Waals surface area contributed by atoms with Gasteiger partial charge in [0.1, 0.15) is 17.7 Å². The number of nitrogens with zero attached hydrogens (tertiary/aromatic N) is 8. The number of nitriles is 1. The highest BCUT2D eigenvalue weighted by molar-refractivity contribution is 7.97. The topological polar surface area (TPSA) is 78.3 Å². The molecule has 5 aromatic rings. The van der Waals surface area contributed by atoms with E-state index in [-0.39, 0.29) is 5.82 Å². The van der Waals surface area contributed by atoms with Crippen LogP contribution in [0.1, 0.15) is 5.56 Å². The van der Waals surface area contributed by atoms with Crippen molar-refractivity contribution in [3.63, 3.8) is 0 Å². The molecule has 1 aromatic carbocycles. The Kier molecular flexibility index (Phi) is 6.23. The molecule has 2 saturated heterocycles. The minimum atomic E-state index is -0.276. The minimum absolute atomic E-state index is 0.276. The van der Waals surface area contributed by atoms with Crippen LogP contribution in [0, 0.1) is 29.0 Å². The zero-order valence-electron chi connectivity index (χ0n) is 21.6. The van der Waals surface area contributed by atoms with Gasteiger partial charge in [0.2, 0.25) is 0 Å². The lowest BCUT2D eigenvalue weighted by Gasteiger charge is -2.22. The Morgan fingerprint density at radius 3 is 2.48 bits per heavy atom.